The number of nitrogens with zero attached hydrogens (tertiary/aromatic N) is 1. The van der Waals surface area contributed by atoms with E-state index in [0.717, 1.165) is 15.6 Å². The summed E-state index contributed by atoms with van der Waals surface area (Å²) < 4.78 is 6.35. The monoisotopic (exact) mass is 313 g/mol. The number of carbonyl (C=O) groups excluding carboxylic acids is 1. The first-order chi connectivity index (χ1) is 10.7. The zero-order valence-corrected chi connectivity index (χ0v) is 12.2. The molecule has 0 fully saturated rings. The fraction of sp³-hybridized carbons (Fsp3) is 0.0625. The normalized spacial score (nSPS) is 10.5. The van der Waals surface area contributed by atoms with Gasteiger partial charge in [-0.1, -0.05) is 30.3 Å². The molecule has 22 heavy (non-hydrogen) atoms. The average molecular weight is 313 g/mol. The van der Waals surface area contributed by atoms with E-state index in [1.807, 2.05) is 29.6 Å². The van der Waals surface area contributed by atoms with Crippen LogP contribution in [0.4, 0.5) is 5.69 Å². The number of esters is 1. The van der Waals surface area contributed by atoms with Gasteiger partial charge in [0.05, 0.1) is 4.92 Å². The molecule has 0 spiro atoms. The number of carbonyl (C=O) groups is 1. The fourth-order valence-electron chi connectivity index (χ4n) is 2.17. The number of para-hydroxylation sites is 1. The van der Waals surface area contributed by atoms with E-state index in [0.29, 0.717) is 0 Å². The second-order valence-corrected chi connectivity index (χ2v) is 5.52. The van der Waals surface area contributed by atoms with Gasteiger partial charge >= 0.3 is 5.97 Å². The molecule has 1 heterocycles. The van der Waals surface area contributed by atoms with E-state index in [1.165, 1.54) is 18.2 Å². The maximum absolute atomic E-state index is 12.1. The summed E-state index contributed by atoms with van der Waals surface area (Å²) in [6, 6.07) is 13.6. The van der Waals surface area contributed by atoms with Gasteiger partial charge in [0.25, 0.3) is 5.69 Å². The van der Waals surface area contributed by atoms with E-state index in [2.05, 4.69) is 0 Å². The van der Waals surface area contributed by atoms with Gasteiger partial charge in [0.15, 0.2) is 0 Å². The van der Waals surface area contributed by atoms with Crippen molar-refractivity contribution in [1.29, 1.82) is 0 Å². The summed E-state index contributed by atoms with van der Waals surface area (Å²) in [6.07, 6.45) is 0. The van der Waals surface area contributed by atoms with Crippen molar-refractivity contribution in [1.82, 2.24) is 0 Å². The van der Waals surface area contributed by atoms with Gasteiger partial charge in [-0.2, -0.15) is 0 Å². The Bertz CT molecular complexity index is 856. The third-order valence-corrected chi connectivity index (χ3v) is 4.25. The van der Waals surface area contributed by atoms with Crippen molar-refractivity contribution in [2.75, 3.05) is 0 Å². The molecule has 0 radical (unpaired) electrons. The molecular weight excluding hydrogens is 302 g/mol. The van der Waals surface area contributed by atoms with Crippen LogP contribution in [-0.2, 0) is 11.3 Å². The van der Waals surface area contributed by atoms with E-state index in [1.54, 1.807) is 17.4 Å². The van der Waals surface area contributed by atoms with Gasteiger partial charge in [-0.3, -0.25) is 10.1 Å². The van der Waals surface area contributed by atoms with Crippen molar-refractivity contribution in [3.8, 4) is 0 Å². The van der Waals surface area contributed by atoms with E-state index in [9.17, 15) is 14.9 Å². The number of hydrogen-bond donors (Lipinski definition) is 0. The number of hydrogen-bond acceptors (Lipinski definition) is 5. The van der Waals surface area contributed by atoms with E-state index >= 15 is 0 Å². The number of rotatable bonds is 4. The molecule has 0 N–H and O–H groups in total. The largest absolute Gasteiger partial charge is 0.457 e. The molecule has 5 nitrogen and oxygen atoms in total. The Morgan fingerprint density at radius 2 is 1.86 bits per heavy atom. The molecule has 0 unspecified atom stereocenters. The van der Waals surface area contributed by atoms with Crippen molar-refractivity contribution < 1.29 is 14.5 Å². The van der Waals surface area contributed by atoms with Gasteiger partial charge in [0.2, 0.25) is 0 Å². The molecule has 0 saturated heterocycles. The molecule has 6 heteroatoms. The second-order valence-electron chi connectivity index (χ2n) is 4.61. The van der Waals surface area contributed by atoms with E-state index < -0.39 is 10.9 Å². The molecule has 2 aromatic carbocycles. The van der Waals surface area contributed by atoms with Crippen molar-refractivity contribution in [3.05, 3.63) is 75.2 Å². The van der Waals surface area contributed by atoms with Gasteiger partial charge < -0.3 is 4.74 Å². The molecular formula is C16H11NO4S. The number of nitro groups is 1. The predicted molar refractivity (Wildman–Crippen MR) is 84.0 cm³/mol. The highest BCUT2D eigenvalue weighted by atomic mass is 32.1. The number of ether oxygens (including phenoxy) is 1. The quantitative estimate of drug-likeness (QED) is 0.412. The Morgan fingerprint density at radius 3 is 2.68 bits per heavy atom. The van der Waals surface area contributed by atoms with E-state index in [-0.39, 0.29) is 17.9 Å². The lowest BCUT2D eigenvalue weighted by atomic mass is 10.2. The van der Waals surface area contributed by atoms with Crippen LogP contribution < -0.4 is 0 Å². The van der Waals surface area contributed by atoms with Gasteiger partial charge in [-0.15, -0.1) is 11.3 Å². The van der Waals surface area contributed by atoms with Crippen molar-refractivity contribution in [2.24, 2.45) is 0 Å². The summed E-state index contributed by atoms with van der Waals surface area (Å²) in [6.45, 7) is 0.0922. The Labute approximate surface area is 129 Å². The first-order valence-corrected chi connectivity index (χ1v) is 7.40. The molecule has 0 bridgehead atoms. The molecule has 0 aliphatic rings. The number of thiophene rings is 1. The molecule has 3 rings (SSSR count). The van der Waals surface area contributed by atoms with Gasteiger partial charge in [-0.05, 0) is 22.9 Å². The maximum Gasteiger partial charge on any atom is 0.345 e. The van der Waals surface area contributed by atoms with Crippen molar-refractivity contribution in [2.45, 2.75) is 6.61 Å². The molecule has 0 aliphatic heterocycles. The molecule has 3 aromatic rings. The number of nitro benzene ring substituents is 1. The third kappa shape index (κ3) is 2.68. The summed E-state index contributed by atoms with van der Waals surface area (Å²) in [5, 5.41) is 13.9. The summed E-state index contributed by atoms with van der Waals surface area (Å²) >= 11 is 1.57. The Morgan fingerprint density at radius 1 is 1.14 bits per heavy atom. The van der Waals surface area contributed by atoms with E-state index in [4.69, 9.17) is 4.74 Å². The summed E-state index contributed by atoms with van der Waals surface area (Å²) in [7, 11) is 0. The van der Waals surface area contributed by atoms with Gasteiger partial charge in [0.1, 0.15) is 12.2 Å². The van der Waals surface area contributed by atoms with Crippen LogP contribution >= 0.6 is 11.3 Å². The third-order valence-electron chi connectivity index (χ3n) is 3.24. The Balaban J connectivity index is 1.80. The number of benzene rings is 2. The first-order valence-electron chi connectivity index (χ1n) is 6.52. The minimum absolute atomic E-state index is 0.0352. The molecule has 0 amide bonds. The number of fused-ring (bicyclic) bond motifs is 1. The standard InChI is InChI=1S/C16H11NO4S/c18-16(13-6-1-3-7-14(13)17(19)20)21-9-11-10-22-15-8-4-2-5-12(11)15/h1-8,10H,9H2. The maximum atomic E-state index is 12.1. The van der Waals surface area contributed by atoms with Crippen LogP contribution in [0.1, 0.15) is 15.9 Å². The van der Waals surface area contributed by atoms with Crippen molar-refractivity contribution in [3.63, 3.8) is 0 Å². The van der Waals surface area contributed by atoms with Gasteiger partial charge in [0, 0.05) is 16.3 Å². The highest BCUT2D eigenvalue weighted by Gasteiger charge is 2.20. The summed E-state index contributed by atoms with van der Waals surface area (Å²) in [5.41, 5.74) is 0.613. The topological polar surface area (TPSA) is 69.4 Å². The van der Waals surface area contributed by atoms with Crippen molar-refractivity contribution >= 4 is 33.1 Å². The van der Waals surface area contributed by atoms with Crippen LogP contribution in [0.3, 0.4) is 0 Å². The lowest BCUT2D eigenvalue weighted by molar-refractivity contribution is -0.385. The molecule has 0 atom stereocenters. The summed E-state index contributed by atoms with van der Waals surface area (Å²) in [4.78, 5) is 22.4. The predicted octanol–water partition coefficient (Wildman–Crippen LogP) is 4.17. The van der Waals surface area contributed by atoms with Crippen LogP contribution in [0, 0.1) is 10.1 Å². The SMILES string of the molecule is O=C(OCc1csc2ccccc12)c1ccccc1[N+](=O)[O-]. The smallest absolute Gasteiger partial charge is 0.345 e. The van der Waals surface area contributed by atoms with Crippen LogP contribution in [0.15, 0.2) is 53.9 Å². The summed E-state index contributed by atoms with van der Waals surface area (Å²) in [5.74, 6) is -0.692. The lowest BCUT2D eigenvalue weighted by Crippen LogP contribution is -2.08. The van der Waals surface area contributed by atoms with Gasteiger partial charge in [-0.25, -0.2) is 4.79 Å². The zero-order chi connectivity index (χ0) is 15.5. The molecule has 110 valence electrons. The average Bonchev–Trinajstić information content (AvgIpc) is 2.96. The molecule has 0 aliphatic carbocycles. The van der Waals surface area contributed by atoms with Crippen LogP contribution in [0.5, 0.6) is 0 Å². The van der Waals surface area contributed by atoms with Crippen LogP contribution in [0.25, 0.3) is 10.1 Å². The second kappa shape index (κ2) is 5.95. The molecule has 0 saturated carbocycles. The highest BCUT2D eigenvalue weighted by molar-refractivity contribution is 7.17. The minimum atomic E-state index is -0.692. The zero-order valence-electron chi connectivity index (χ0n) is 11.4. The first kappa shape index (κ1) is 14.2. The lowest BCUT2D eigenvalue weighted by Gasteiger charge is -2.05. The highest BCUT2D eigenvalue weighted by Crippen LogP contribution is 2.27. The molecule has 1 aromatic heterocycles. The Kier molecular flexibility index (Phi) is 3.84. The fourth-order valence-corrected chi connectivity index (χ4v) is 3.12. The van der Waals surface area contributed by atoms with Crippen LogP contribution in [-0.4, -0.2) is 10.9 Å². The minimum Gasteiger partial charge on any atom is -0.457 e. The van der Waals surface area contributed by atoms with Crippen LogP contribution in [0.2, 0.25) is 0 Å². The Hall–Kier alpha value is -2.73.